The molecule has 0 aliphatic rings. The lowest BCUT2D eigenvalue weighted by Crippen LogP contribution is -1.94. The number of anilines is 1. The first-order chi connectivity index (χ1) is 10.5. The number of phenolic OH excluding ortho intramolecular Hbond substituents is 1. The molecule has 0 bridgehead atoms. The van der Waals surface area contributed by atoms with Crippen molar-refractivity contribution in [2.24, 2.45) is 5.10 Å². The average Bonchev–Trinajstić information content (AvgIpc) is 2.51. The topological polar surface area (TPSA) is 97.0 Å². The van der Waals surface area contributed by atoms with Gasteiger partial charge in [0.25, 0.3) is 5.69 Å². The Hall–Kier alpha value is -2.61. The van der Waals surface area contributed by atoms with E-state index in [1.807, 2.05) is 0 Å². The summed E-state index contributed by atoms with van der Waals surface area (Å²) >= 11 is 3.21. The number of aromatic hydroxyl groups is 1. The molecule has 0 aliphatic heterocycles. The molecule has 0 amide bonds. The zero-order valence-corrected chi connectivity index (χ0v) is 13.1. The molecule has 0 heterocycles. The fourth-order valence-electron chi connectivity index (χ4n) is 1.69. The van der Waals surface area contributed by atoms with Crippen LogP contribution in [0, 0.1) is 10.1 Å². The van der Waals surface area contributed by atoms with Crippen molar-refractivity contribution >= 4 is 33.5 Å². The van der Waals surface area contributed by atoms with Crippen molar-refractivity contribution in [3.63, 3.8) is 0 Å². The van der Waals surface area contributed by atoms with Crippen LogP contribution in [0.25, 0.3) is 0 Å². The van der Waals surface area contributed by atoms with E-state index in [9.17, 15) is 15.2 Å². The summed E-state index contributed by atoms with van der Waals surface area (Å²) < 4.78 is 5.51. The van der Waals surface area contributed by atoms with Crippen LogP contribution in [0.3, 0.4) is 0 Å². The highest BCUT2D eigenvalue weighted by Crippen LogP contribution is 2.34. The summed E-state index contributed by atoms with van der Waals surface area (Å²) in [5, 5.41) is 24.4. The first kappa shape index (κ1) is 15.8. The molecule has 0 saturated heterocycles. The van der Waals surface area contributed by atoms with Crippen LogP contribution in [-0.4, -0.2) is 23.4 Å². The first-order valence-corrected chi connectivity index (χ1v) is 6.90. The number of non-ortho nitro benzene ring substituents is 1. The summed E-state index contributed by atoms with van der Waals surface area (Å²) in [5.74, 6) is 0.317. The van der Waals surface area contributed by atoms with Gasteiger partial charge in [-0.05, 0) is 39.7 Å². The Morgan fingerprint density at radius 2 is 2.18 bits per heavy atom. The third kappa shape index (κ3) is 3.73. The molecule has 2 N–H and O–H groups in total. The largest absolute Gasteiger partial charge is 0.503 e. The van der Waals surface area contributed by atoms with Gasteiger partial charge < -0.3 is 9.84 Å². The smallest absolute Gasteiger partial charge is 0.271 e. The van der Waals surface area contributed by atoms with Crippen molar-refractivity contribution in [2.75, 3.05) is 12.5 Å². The maximum absolute atomic E-state index is 10.7. The third-order valence-corrected chi connectivity index (χ3v) is 3.34. The van der Waals surface area contributed by atoms with Gasteiger partial charge in [0.2, 0.25) is 0 Å². The predicted molar refractivity (Wildman–Crippen MR) is 86.7 cm³/mol. The van der Waals surface area contributed by atoms with Gasteiger partial charge in [0, 0.05) is 12.1 Å². The minimum absolute atomic E-state index is 0.00583. The van der Waals surface area contributed by atoms with Crippen molar-refractivity contribution in [3.8, 4) is 11.5 Å². The van der Waals surface area contributed by atoms with Crippen LogP contribution in [0.1, 0.15) is 5.56 Å². The Balaban J connectivity index is 2.14. The number of nitro benzene ring substituents is 1. The minimum atomic E-state index is -0.475. The van der Waals surface area contributed by atoms with Crippen LogP contribution in [-0.2, 0) is 0 Å². The number of hydrogen-bond acceptors (Lipinski definition) is 6. The van der Waals surface area contributed by atoms with Crippen molar-refractivity contribution in [1.82, 2.24) is 0 Å². The van der Waals surface area contributed by atoms with Crippen molar-refractivity contribution in [1.29, 1.82) is 0 Å². The van der Waals surface area contributed by atoms with E-state index >= 15 is 0 Å². The molecular formula is C14H12BrN3O4. The molecule has 114 valence electrons. The van der Waals surface area contributed by atoms with Gasteiger partial charge >= 0.3 is 0 Å². The van der Waals surface area contributed by atoms with Gasteiger partial charge in [-0.15, -0.1) is 0 Å². The van der Waals surface area contributed by atoms with Crippen LogP contribution in [0.2, 0.25) is 0 Å². The lowest BCUT2D eigenvalue weighted by molar-refractivity contribution is -0.384. The second-order valence-corrected chi connectivity index (χ2v) is 5.09. The Morgan fingerprint density at radius 3 is 2.86 bits per heavy atom. The van der Waals surface area contributed by atoms with E-state index in [1.54, 1.807) is 24.3 Å². The number of rotatable bonds is 5. The normalized spacial score (nSPS) is 10.6. The first-order valence-electron chi connectivity index (χ1n) is 6.11. The number of methoxy groups -OCH3 is 1. The molecule has 0 spiro atoms. The number of nitrogens with zero attached hydrogens (tertiary/aromatic N) is 2. The zero-order chi connectivity index (χ0) is 16.1. The molecule has 0 atom stereocenters. The second-order valence-electron chi connectivity index (χ2n) is 4.23. The molecule has 7 nitrogen and oxygen atoms in total. The van der Waals surface area contributed by atoms with Crippen LogP contribution in [0.4, 0.5) is 11.4 Å². The molecule has 0 saturated carbocycles. The average molecular weight is 366 g/mol. The monoisotopic (exact) mass is 365 g/mol. The van der Waals surface area contributed by atoms with Gasteiger partial charge in [0.15, 0.2) is 11.5 Å². The molecule has 0 fully saturated rings. The number of ether oxygens (including phenoxy) is 1. The summed E-state index contributed by atoms with van der Waals surface area (Å²) in [6.45, 7) is 0. The Morgan fingerprint density at radius 1 is 1.41 bits per heavy atom. The van der Waals surface area contributed by atoms with Gasteiger partial charge in [-0.3, -0.25) is 15.5 Å². The number of hydrazone groups is 1. The van der Waals surface area contributed by atoms with Gasteiger partial charge in [-0.2, -0.15) is 5.10 Å². The number of nitro groups is 1. The molecule has 0 aliphatic carbocycles. The van der Waals surface area contributed by atoms with E-state index in [4.69, 9.17) is 4.74 Å². The number of benzene rings is 2. The predicted octanol–water partition coefficient (Wildman–Crippen LogP) is 3.52. The molecule has 0 radical (unpaired) electrons. The SMILES string of the molecule is COc1cc(/C=N/Nc2cccc([N+](=O)[O-])c2)cc(Br)c1O. The Kier molecular flexibility index (Phi) is 4.95. The molecule has 22 heavy (non-hydrogen) atoms. The van der Waals surface area contributed by atoms with Gasteiger partial charge in [0.1, 0.15) is 0 Å². The molecule has 0 aromatic heterocycles. The summed E-state index contributed by atoms with van der Waals surface area (Å²) in [4.78, 5) is 10.2. The van der Waals surface area contributed by atoms with Crippen LogP contribution < -0.4 is 10.2 Å². The lowest BCUT2D eigenvalue weighted by Gasteiger charge is -2.06. The molecule has 8 heteroatoms. The van der Waals surface area contributed by atoms with Crippen molar-refractivity contribution in [3.05, 3.63) is 56.5 Å². The standard InChI is InChI=1S/C14H12BrN3O4/c1-22-13-6-9(5-12(15)14(13)19)8-16-17-10-3-2-4-11(7-10)18(20)21/h2-8,17,19H,1H3/b16-8+. The van der Waals surface area contributed by atoms with E-state index in [0.29, 0.717) is 21.5 Å². The molecule has 0 unspecified atom stereocenters. The highest BCUT2D eigenvalue weighted by molar-refractivity contribution is 9.10. The maximum atomic E-state index is 10.7. The van der Waals surface area contributed by atoms with Gasteiger partial charge in [-0.25, -0.2) is 0 Å². The van der Waals surface area contributed by atoms with E-state index in [2.05, 4.69) is 26.5 Å². The van der Waals surface area contributed by atoms with E-state index in [-0.39, 0.29) is 11.4 Å². The minimum Gasteiger partial charge on any atom is -0.503 e. The van der Waals surface area contributed by atoms with Gasteiger partial charge in [-0.1, -0.05) is 6.07 Å². The fraction of sp³-hybridized carbons (Fsp3) is 0.0714. The fourth-order valence-corrected chi connectivity index (χ4v) is 2.15. The number of halogens is 1. The summed E-state index contributed by atoms with van der Waals surface area (Å²) in [7, 11) is 1.45. The highest BCUT2D eigenvalue weighted by Gasteiger charge is 2.07. The quantitative estimate of drug-likeness (QED) is 0.480. The lowest BCUT2D eigenvalue weighted by atomic mass is 10.2. The van der Waals surface area contributed by atoms with Crippen molar-refractivity contribution in [2.45, 2.75) is 0 Å². The molecule has 2 aromatic rings. The summed E-state index contributed by atoms with van der Waals surface area (Å²) in [6.07, 6.45) is 1.51. The number of hydrogen-bond donors (Lipinski definition) is 2. The van der Waals surface area contributed by atoms with E-state index in [0.717, 1.165) is 0 Å². The summed E-state index contributed by atoms with van der Waals surface area (Å²) in [5.41, 5.74) is 3.86. The molecule has 2 aromatic carbocycles. The Labute approximate surface area is 134 Å². The number of nitrogens with one attached hydrogen (secondary N) is 1. The van der Waals surface area contributed by atoms with E-state index < -0.39 is 4.92 Å². The van der Waals surface area contributed by atoms with Gasteiger partial charge in [0.05, 0.1) is 28.4 Å². The zero-order valence-electron chi connectivity index (χ0n) is 11.5. The summed E-state index contributed by atoms with van der Waals surface area (Å²) in [6, 6.07) is 9.28. The molecular weight excluding hydrogens is 354 g/mol. The number of phenols is 1. The van der Waals surface area contributed by atoms with Crippen LogP contribution >= 0.6 is 15.9 Å². The maximum Gasteiger partial charge on any atom is 0.271 e. The second kappa shape index (κ2) is 6.90. The highest BCUT2D eigenvalue weighted by atomic mass is 79.9. The van der Waals surface area contributed by atoms with Crippen LogP contribution in [0.15, 0.2) is 46.0 Å². The van der Waals surface area contributed by atoms with Crippen LogP contribution in [0.5, 0.6) is 11.5 Å². The van der Waals surface area contributed by atoms with E-state index in [1.165, 1.54) is 25.5 Å². The third-order valence-electron chi connectivity index (χ3n) is 2.73. The Bertz CT molecular complexity index is 734. The molecule has 2 rings (SSSR count). The van der Waals surface area contributed by atoms with Crippen molar-refractivity contribution < 1.29 is 14.8 Å².